The number of nitrogen functional groups attached to an aromatic ring is 1. The van der Waals surface area contributed by atoms with Gasteiger partial charge in [-0.1, -0.05) is 41.4 Å². The van der Waals surface area contributed by atoms with Gasteiger partial charge >= 0.3 is 6.18 Å². The average Bonchev–Trinajstić information content (AvgIpc) is 2.35. The summed E-state index contributed by atoms with van der Waals surface area (Å²) in [7, 11) is 0. The van der Waals surface area contributed by atoms with E-state index >= 15 is 0 Å². The Labute approximate surface area is 123 Å². The molecule has 112 valence electrons. The van der Waals surface area contributed by atoms with Gasteiger partial charge in [0.05, 0.1) is 0 Å². The van der Waals surface area contributed by atoms with Crippen molar-refractivity contribution in [2.75, 3.05) is 5.73 Å². The molecule has 2 rings (SSSR count). The van der Waals surface area contributed by atoms with Gasteiger partial charge in [-0.3, -0.25) is 0 Å². The Balaban J connectivity index is 2.35. The number of aromatic nitrogens is 2. The van der Waals surface area contributed by atoms with Gasteiger partial charge in [-0.05, 0) is 6.92 Å². The van der Waals surface area contributed by atoms with Crippen molar-refractivity contribution >= 4 is 17.5 Å². The summed E-state index contributed by atoms with van der Waals surface area (Å²) in [5.74, 6) is -0.599. The number of hydrogen-bond acceptors (Lipinski definition) is 4. The molecule has 2 aromatic rings. The number of hydrogen-bond donors (Lipinski definition) is 1. The zero-order valence-electron chi connectivity index (χ0n) is 10.9. The first-order valence-corrected chi connectivity index (χ1v) is 6.23. The second kappa shape index (κ2) is 5.77. The van der Waals surface area contributed by atoms with E-state index in [0.29, 0.717) is 0 Å². The Hall–Kier alpha value is -2.02. The maximum atomic E-state index is 13.2. The Morgan fingerprint density at radius 3 is 2.33 bits per heavy atom. The van der Waals surface area contributed by atoms with Crippen molar-refractivity contribution in [1.82, 2.24) is 9.97 Å². The van der Waals surface area contributed by atoms with Crippen molar-refractivity contribution < 1.29 is 17.9 Å². The molecular weight excluding hydrogens is 307 g/mol. The molecule has 0 aliphatic carbocycles. The quantitative estimate of drug-likeness (QED) is 0.877. The van der Waals surface area contributed by atoms with Crippen LogP contribution in [0.5, 0.6) is 5.88 Å². The minimum absolute atomic E-state index is 0.0404. The van der Waals surface area contributed by atoms with Gasteiger partial charge in [0, 0.05) is 11.6 Å². The smallest absolute Gasteiger partial charge is 0.429 e. The van der Waals surface area contributed by atoms with E-state index in [4.69, 9.17) is 22.1 Å². The maximum Gasteiger partial charge on any atom is 0.429 e. The lowest BCUT2D eigenvalue weighted by molar-refractivity contribution is -0.198. The second-order valence-electron chi connectivity index (χ2n) is 4.34. The molecule has 0 amide bonds. The molecule has 0 fully saturated rings. The summed E-state index contributed by atoms with van der Waals surface area (Å²) < 4.78 is 44.4. The van der Waals surface area contributed by atoms with Crippen LogP contribution in [0, 0.1) is 6.92 Å². The lowest BCUT2D eigenvalue weighted by Gasteiger charge is -2.21. The van der Waals surface area contributed by atoms with E-state index in [1.807, 2.05) is 0 Å². The second-order valence-corrected chi connectivity index (χ2v) is 4.72. The number of halogens is 4. The van der Waals surface area contributed by atoms with Crippen LogP contribution in [0.25, 0.3) is 0 Å². The van der Waals surface area contributed by atoms with Crippen LogP contribution in [-0.2, 0) is 0 Å². The Morgan fingerprint density at radius 2 is 1.81 bits per heavy atom. The number of rotatable bonds is 3. The van der Waals surface area contributed by atoms with E-state index in [-0.39, 0.29) is 22.5 Å². The summed E-state index contributed by atoms with van der Waals surface area (Å²) in [4.78, 5) is 7.15. The Kier molecular flexibility index (Phi) is 4.22. The summed E-state index contributed by atoms with van der Waals surface area (Å²) in [5.41, 5.74) is 6.14. The molecule has 0 radical (unpaired) electrons. The van der Waals surface area contributed by atoms with Crippen LogP contribution in [0.1, 0.15) is 17.2 Å². The van der Waals surface area contributed by atoms with Gasteiger partial charge in [0.1, 0.15) is 5.15 Å². The third-order valence-electron chi connectivity index (χ3n) is 2.60. The molecule has 1 unspecified atom stereocenters. The molecule has 0 spiro atoms. The number of nitrogens with two attached hydrogens (primary N) is 1. The van der Waals surface area contributed by atoms with Gasteiger partial charge in [0.15, 0.2) is 0 Å². The topological polar surface area (TPSA) is 61.0 Å². The van der Waals surface area contributed by atoms with Gasteiger partial charge in [0.25, 0.3) is 0 Å². The number of aryl methyl sites for hydroxylation is 1. The van der Waals surface area contributed by atoms with E-state index < -0.39 is 12.3 Å². The van der Waals surface area contributed by atoms with Crippen molar-refractivity contribution in [3.8, 4) is 5.88 Å². The highest BCUT2D eigenvalue weighted by molar-refractivity contribution is 6.29. The molecule has 0 saturated heterocycles. The summed E-state index contributed by atoms with van der Waals surface area (Å²) in [6, 6.07) is 6.90. The van der Waals surface area contributed by atoms with Crippen molar-refractivity contribution in [3.05, 3.63) is 46.6 Å². The molecule has 1 atom stereocenters. The largest absolute Gasteiger partial charge is 0.460 e. The van der Waals surface area contributed by atoms with Gasteiger partial charge in [0.2, 0.25) is 17.9 Å². The minimum atomic E-state index is -4.61. The monoisotopic (exact) mass is 317 g/mol. The fourth-order valence-corrected chi connectivity index (χ4v) is 1.84. The Bertz CT molecular complexity index is 611. The highest BCUT2D eigenvalue weighted by Gasteiger charge is 2.43. The van der Waals surface area contributed by atoms with E-state index in [1.54, 1.807) is 19.1 Å². The van der Waals surface area contributed by atoms with Crippen LogP contribution in [0.3, 0.4) is 0 Å². The van der Waals surface area contributed by atoms with E-state index in [0.717, 1.165) is 11.6 Å². The van der Waals surface area contributed by atoms with E-state index in [1.165, 1.54) is 12.1 Å². The van der Waals surface area contributed by atoms with Crippen molar-refractivity contribution in [3.63, 3.8) is 0 Å². The predicted octanol–water partition coefficient (Wildman–Crippen LogP) is 3.70. The summed E-state index contributed by atoms with van der Waals surface area (Å²) in [5, 5.41) is -0.0951. The van der Waals surface area contributed by atoms with Gasteiger partial charge in [-0.15, -0.1) is 0 Å². The molecule has 1 heterocycles. The van der Waals surface area contributed by atoms with Crippen LogP contribution < -0.4 is 10.5 Å². The van der Waals surface area contributed by atoms with Crippen LogP contribution >= 0.6 is 11.6 Å². The number of ether oxygens (including phenoxy) is 1. The summed E-state index contributed by atoms with van der Waals surface area (Å²) >= 11 is 5.62. The van der Waals surface area contributed by atoms with E-state index in [2.05, 4.69) is 9.97 Å². The third-order valence-corrected chi connectivity index (χ3v) is 2.80. The molecule has 0 aliphatic heterocycles. The fraction of sp³-hybridized carbons (Fsp3) is 0.231. The van der Waals surface area contributed by atoms with Crippen LogP contribution in [-0.4, -0.2) is 16.1 Å². The Morgan fingerprint density at radius 1 is 1.19 bits per heavy atom. The van der Waals surface area contributed by atoms with Crippen molar-refractivity contribution in [2.24, 2.45) is 0 Å². The SMILES string of the molecule is Cc1ccc(C(Oc2cc(Cl)nc(N)n2)C(F)(F)F)cc1. The summed E-state index contributed by atoms with van der Waals surface area (Å²) in [6.45, 7) is 1.78. The molecular formula is C13H11ClF3N3O. The van der Waals surface area contributed by atoms with Gasteiger partial charge in [-0.2, -0.15) is 18.2 Å². The predicted molar refractivity (Wildman–Crippen MR) is 72.1 cm³/mol. The standard InChI is InChI=1S/C13H11ClF3N3O/c1-7-2-4-8(5-3-7)11(13(15,16)17)21-10-6-9(14)19-12(18)20-10/h2-6,11H,1H3,(H2,18,19,20). The molecule has 21 heavy (non-hydrogen) atoms. The van der Waals surface area contributed by atoms with Crippen molar-refractivity contribution in [2.45, 2.75) is 19.2 Å². The first-order chi connectivity index (χ1) is 9.75. The molecule has 0 saturated carbocycles. The van der Waals surface area contributed by atoms with Crippen LogP contribution in [0.4, 0.5) is 19.1 Å². The summed E-state index contributed by atoms with van der Waals surface area (Å²) in [6.07, 6.45) is -6.77. The number of benzene rings is 1. The molecule has 0 bridgehead atoms. The van der Waals surface area contributed by atoms with Crippen LogP contribution in [0.15, 0.2) is 30.3 Å². The number of anilines is 1. The first kappa shape index (κ1) is 15.4. The number of nitrogens with zero attached hydrogens (tertiary/aromatic N) is 2. The zero-order chi connectivity index (χ0) is 15.6. The molecule has 1 aromatic heterocycles. The first-order valence-electron chi connectivity index (χ1n) is 5.85. The lowest BCUT2D eigenvalue weighted by atomic mass is 10.1. The molecule has 1 aromatic carbocycles. The molecule has 4 nitrogen and oxygen atoms in total. The minimum Gasteiger partial charge on any atom is -0.460 e. The highest BCUT2D eigenvalue weighted by atomic mass is 35.5. The fourth-order valence-electron chi connectivity index (χ4n) is 1.66. The van der Waals surface area contributed by atoms with Crippen LogP contribution in [0.2, 0.25) is 5.15 Å². The maximum absolute atomic E-state index is 13.2. The zero-order valence-corrected chi connectivity index (χ0v) is 11.6. The third kappa shape index (κ3) is 3.98. The average molecular weight is 318 g/mol. The molecule has 8 heteroatoms. The number of alkyl halides is 3. The normalized spacial score (nSPS) is 13.0. The van der Waals surface area contributed by atoms with Gasteiger partial charge in [-0.25, -0.2) is 4.98 Å². The molecule has 2 N–H and O–H groups in total. The van der Waals surface area contributed by atoms with E-state index in [9.17, 15) is 13.2 Å². The van der Waals surface area contributed by atoms with Crippen molar-refractivity contribution in [1.29, 1.82) is 0 Å². The van der Waals surface area contributed by atoms with Gasteiger partial charge < -0.3 is 10.5 Å². The highest BCUT2D eigenvalue weighted by Crippen LogP contribution is 2.36. The molecule has 0 aliphatic rings. The lowest BCUT2D eigenvalue weighted by Crippen LogP contribution is -2.26.